The maximum atomic E-state index is 12.6. The molecule has 2 amide bonds. The molecule has 0 aliphatic carbocycles. The normalized spacial score (nSPS) is 15.2. The first kappa shape index (κ1) is 15.6. The van der Waals surface area contributed by atoms with Gasteiger partial charge in [0.2, 0.25) is 11.8 Å². The minimum absolute atomic E-state index is 0.143. The number of carbonyl (C=O) groups excluding carboxylic acids is 2. The van der Waals surface area contributed by atoms with Crippen LogP contribution in [0.2, 0.25) is 0 Å². The van der Waals surface area contributed by atoms with Gasteiger partial charge >= 0.3 is 0 Å². The first-order valence-corrected chi connectivity index (χ1v) is 8.18. The molecular formula is C18H23N3O2. The smallest absolute Gasteiger partial charge is 0.227 e. The number of aryl methyl sites for hydroxylation is 1. The van der Waals surface area contributed by atoms with E-state index >= 15 is 0 Å². The van der Waals surface area contributed by atoms with Crippen LogP contribution >= 0.6 is 0 Å². The van der Waals surface area contributed by atoms with Gasteiger partial charge in [-0.25, -0.2) is 0 Å². The zero-order valence-electron chi connectivity index (χ0n) is 13.8. The zero-order valence-corrected chi connectivity index (χ0v) is 13.8. The van der Waals surface area contributed by atoms with Gasteiger partial charge in [-0.3, -0.25) is 9.59 Å². The number of hydrogen-bond acceptors (Lipinski definition) is 2. The molecule has 122 valence electrons. The van der Waals surface area contributed by atoms with Crippen LogP contribution in [0.1, 0.15) is 18.9 Å². The van der Waals surface area contributed by atoms with Gasteiger partial charge in [0, 0.05) is 56.7 Å². The van der Waals surface area contributed by atoms with Gasteiger partial charge in [-0.05, 0) is 11.6 Å². The lowest BCUT2D eigenvalue weighted by atomic mass is 10.1. The Kier molecular flexibility index (Phi) is 4.37. The molecule has 2 aromatic rings. The lowest BCUT2D eigenvalue weighted by molar-refractivity contribution is -0.139. The Hall–Kier alpha value is -2.30. The Bertz CT molecular complexity index is 727. The monoisotopic (exact) mass is 313 g/mol. The van der Waals surface area contributed by atoms with Crippen LogP contribution in [0.25, 0.3) is 10.9 Å². The SMILES string of the molecule is CCC(=O)N1CCN(C(=O)Cc2cn(C)c3ccccc23)CC1. The van der Waals surface area contributed by atoms with E-state index in [1.165, 1.54) is 0 Å². The van der Waals surface area contributed by atoms with Gasteiger partial charge in [-0.15, -0.1) is 0 Å². The number of hydrogen-bond donors (Lipinski definition) is 0. The number of aromatic nitrogens is 1. The minimum atomic E-state index is 0.143. The highest BCUT2D eigenvalue weighted by Gasteiger charge is 2.23. The molecule has 0 saturated carbocycles. The van der Waals surface area contributed by atoms with Crippen LogP contribution in [0, 0.1) is 0 Å². The lowest BCUT2D eigenvalue weighted by Crippen LogP contribution is -2.50. The van der Waals surface area contributed by atoms with E-state index in [2.05, 4.69) is 16.7 Å². The van der Waals surface area contributed by atoms with Crippen molar-refractivity contribution >= 4 is 22.7 Å². The second-order valence-corrected chi connectivity index (χ2v) is 6.07. The van der Waals surface area contributed by atoms with E-state index in [4.69, 9.17) is 0 Å². The molecule has 1 aliphatic heterocycles. The lowest BCUT2D eigenvalue weighted by Gasteiger charge is -2.34. The number of nitrogens with zero attached hydrogens (tertiary/aromatic N) is 3. The molecule has 5 nitrogen and oxygen atoms in total. The quantitative estimate of drug-likeness (QED) is 0.867. The van der Waals surface area contributed by atoms with Crippen molar-refractivity contribution in [3.05, 3.63) is 36.0 Å². The summed E-state index contributed by atoms with van der Waals surface area (Å²) < 4.78 is 2.07. The van der Waals surface area contributed by atoms with E-state index < -0.39 is 0 Å². The first-order valence-electron chi connectivity index (χ1n) is 8.18. The Morgan fingerprint density at radius 2 is 1.61 bits per heavy atom. The van der Waals surface area contributed by atoms with E-state index in [0.29, 0.717) is 39.0 Å². The molecule has 0 N–H and O–H groups in total. The average Bonchev–Trinajstić information content (AvgIpc) is 2.90. The Labute approximate surface area is 136 Å². The number of carbonyl (C=O) groups is 2. The summed E-state index contributed by atoms with van der Waals surface area (Å²) in [7, 11) is 2.01. The predicted molar refractivity (Wildman–Crippen MR) is 90.1 cm³/mol. The predicted octanol–water partition coefficient (Wildman–Crippen LogP) is 1.80. The van der Waals surface area contributed by atoms with Crippen molar-refractivity contribution in [3.8, 4) is 0 Å². The van der Waals surface area contributed by atoms with Crippen molar-refractivity contribution in [2.45, 2.75) is 19.8 Å². The third-order valence-electron chi connectivity index (χ3n) is 4.61. The van der Waals surface area contributed by atoms with Gasteiger partial charge in [0.25, 0.3) is 0 Å². The molecule has 0 unspecified atom stereocenters. The fraction of sp³-hybridized carbons (Fsp3) is 0.444. The molecule has 1 saturated heterocycles. The van der Waals surface area contributed by atoms with E-state index in [1.807, 2.05) is 42.1 Å². The average molecular weight is 313 g/mol. The fourth-order valence-corrected chi connectivity index (χ4v) is 3.27. The Morgan fingerprint density at radius 1 is 1.00 bits per heavy atom. The third kappa shape index (κ3) is 3.09. The van der Waals surface area contributed by atoms with Crippen molar-refractivity contribution in [2.24, 2.45) is 7.05 Å². The van der Waals surface area contributed by atoms with Gasteiger partial charge in [0.05, 0.1) is 6.42 Å². The van der Waals surface area contributed by atoms with E-state index in [-0.39, 0.29) is 11.8 Å². The molecule has 5 heteroatoms. The number of rotatable bonds is 3. The topological polar surface area (TPSA) is 45.6 Å². The molecule has 0 radical (unpaired) electrons. The molecule has 1 aromatic heterocycles. The minimum Gasteiger partial charge on any atom is -0.350 e. The first-order chi connectivity index (χ1) is 11.1. The molecule has 3 rings (SSSR count). The van der Waals surface area contributed by atoms with Crippen molar-refractivity contribution in [1.29, 1.82) is 0 Å². The highest BCUT2D eigenvalue weighted by molar-refractivity contribution is 5.89. The number of benzene rings is 1. The summed E-state index contributed by atoms with van der Waals surface area (Å²) in [6.07, 6.45) is 2.99. The van der Waals surface area contributed by atoms with Crippen molar-refractivity contribution < 1.29 is 9.59 Å². The summed E-state index contributed by atoms with van der Waals surface area (Å²) in [5.74, 6) is 0.316. The summed E-state index contributed by atoms with van der Waals surface area (Å²) in [5, 5.41) is 1.14. The molecule has 0 bridgehead atoms. The van der Waals surface area contributed by atoms with Gasteiger partial charge in [0.1, 0.15) is 0 Å². The molecule has 0 spiro atoms. The summed E-state index contributed by atoms with van der Waals surface area (Å²) in [5.41, 5.74) is 2.22. The van der Waals surface area contributed by atoms with Crippen LogP contribution in [0.3, 0.4) is 0 Å². The van der Waals surface area contributed by atoms with Gasteiger partial charge in [-0.1, -0.05) is 25.1 Å². The second-order valence-electron chi connectivity index (χ2n) is 6.07. The fourth-order valence-electron chi connectivity index (χ4n) is 3.27. The van der Waals surface area contributed by atoms with Crippen LogP contribution in [-0.2, 0) is 23.1 Å². The van der Waals surface area contributed by atoms with Gasteiger partial charge in [-0.2, -0.15) is 0 Å². The molecule has 2 heterocycles. The Balaban J connectivity index is 1.67. The molecule has 23 heavy (non-hydrogen) atoms. The maximum Gasteiger partial charge on any atom is 0.227 e. The highest BCUT2D eigenvalue weighted by Crippen LogP contribution is 2.21. The summed E-state index contributed by atoms with van der Waals surface area (Å²) >= 11 is 0. The van der Waals surface area contributed by atoms with Crippen LogP contribution < -0.4 is 0 Å². The third-order valence-corrected chi connectivity index (χ3v) is 4.61. The molecule has 1 fully saturated rings. The van der Waals surface area contributed by atoms with E-state index in [1.54, 1.807) is 0 Å². The molecular weight excluding hydrogens is 290 g/mol. The molecule has 0 atom stereocenters. The largest absolute Gasteiger partial charge is 0.350 e. The summed E-state index contributed by atoms with van der Waals surface area (Å²) in [4.78, 5) is 28.0. The summed E-state index contributed by atoms with van der Waals surface area (Å²) in [6, 6.07) is 8.15. The summed E-state index contributed by atoms with van der Waals surface area (Å²) in [6.45, 7) is 4.44. The maximum absolute atomic E-state index is 12.6. The van der Waals surface area contributed by atoms with Crippen LogP contribution in [-0.4, -0.2) is 52.4 Å². The van der Waals surface area contributed by atoms with Crippen LogP contribution in [0.4, 0.5) is 0 Å². The van der Waals surface area contributed by atoms with Crippen molar-refractivity contribution in [2.75, 3.05) is 26.2 Å². The van der Waals surface area contributed by atoms with Gasteiger partial charge in [0.15, 0.2) is 0 Å². The molecule has 1 aliphatic rings. The standard InChI is InChI=1S/C18H23N3O2/c1-3-17(22)20-8-10-21(11-9-20)18(23)12-14-13-19(2)16-7-5-4-6-15(14)16/h4-7,13H,3,8-12H2,1-2H3. The van der Waals surface area contributed by atoms with E-state index in [9.17, 15) is 9.59 Å². The Morgan fingerprint density at radius 3 is 2.26 bits per heavy atom. The number of para-hydroxylation sites is 1. The van der Waals surface area contributed by atoms with Crippen molar-refractivity contribution in [1.82, 2.24) is 14.4 Å². The highest BCUT2D eigenvalue weighted by atomic mass is 16.2. The van der Waals surface area contributed by atoms with Crippen LogP contribution in [0.5, 0.6) is 0 Å². The number of piperazine rings is 1. The number of amides is 2. The molecule has 1 aromatic carbocycles. The second kappa shape index (κ2) is 6.44. The van der Waals surface area contributed by atoms with Gasteiger partial charge < -0.3 is 14.4 Å². The van der Waals surface area contributed by atoms with Crippen molar-refractivity contribution in [3.63, 3.8) is 0 Å². The number of fused-ring (bicyclic) bond motifs is 1. The van der Waals surface area contributed by atoms with E-state index in [0.717, 1.165) is 16.5 Å². The zero-order chi connectivity index (χ0) is 16.4. The van der Waals surface area contributed by atoms with Crippen LogP contribution in [0.15, 0.2) is 30.5 Å².